The Labute approximate surface area is 91.0 Å². The first-order valence-electron chi connectivity index (χ1n) is 3.96. The van der Waals surface area contributed by atoms with Crippen LogP contribution in [0.15, 0.2) is 12.1 Å². The second-order valence-electron chi connectivity index (χ2n) is 2.85. The van der Waals surface area contributed by atoms with E-state index in [0.717, 1.165) is 6.07 Å². The van der Waals surface area contributed by atoms with Gasteiger partial charge in [-0.25, -0.2) is 9.37 Å². The molecule has 2 rings (SSSR count). The van der Waals surface area contributed by atoms with Crippen molar-refractivity contribution in [1.82, 2.24) is 9.97 Å². The van der Waals surface area contributed by atoms with Gasteiger partial charge in [-0.15, -0.1) is 13.2 Å². The van der Waals surface area contributed by atoms with Crippen molar-refractivity contribution in [3.05, 3.63) is 23.2 Å². The van der Waals surface area contributed by atoms with Crippen molar-refractivity contribution in [2.24, 2.45) is 0 Å². The van der Waals surface area contributed by atoms with E-state index in [9.17, 15) is 17.6 Å². The first kappa shape index (κ1) is 11.0. The number of benzene rings is 1. The Kier molecular flexibility index (Phi) is 2.42. The standard InChI is InChI=1S/C8H3ClF4N2O/c9-7-14-3-1-2-4(16-8(11,12)13)5(10)6(3)15-7/h1-2H,(H,14,15). The van der Waals surface area contributed by atoms with Crippen LogP contribution in [-0.4, -0.2) is 16.3 Å². The number of nitrogens with one attached hydrogen (secondary N) is 1. The molecule has 2 aromatic rings. The number of rotatable bonds is 1. The molecule has 0 saturated heterocycles. The second-order valence-corrected chi connectivity index (χ2v) is 3.21. The van der Waals surface area contributed by atoms with Gasteiger partial charge < -0.3 is 9.72 Å². The number of aromatic nitrogens is 2. The third-order valence-electron chi connectivity index (χ3n) is 1.75. The number of imidazole rings is 1. The summed E-state index contributed by atoms with van der Waals surface area (Å²) in [4.78, 5) is 5.96. The molecule has 0 fully saturated rings. The number of aromatic amines is 1. The molecule has 0 amide bonds. The molecule has 0 aliphatic heterocycles. The molecular formula is C8H3ClF4N2O. The van der Waals surface area contributed by atoms with Crippen LogP contribution in [-0.2, 0) is 0 Å². The van der Waals surface area contributed by atoms with Gasteiger partial charge in [-0.2, -0.15) is 0 Å². The average Bonchev–Trinajstić information content (AvgIpc) is 2.50. The Morgan fingerprint density at radius 2 is 2.00 bits per heavy atom. The second kappa shape index (κ2) is 3.51. The Morgan fingerprint density at radius 3 is 2.62 bits per heavy atom. The highest BCUT2D eigenvalue weighted by Gasteiger charge is 2.33. The third-order valence-corrected chi connectivity index (χ3v) is 1.93. The Hall–Kier alpha value is -1.50. The van der Waals surface area contributed by atoms with Crippen molar-refractivity contribution in [2.45, 2.75) is 6.36 Å². The van der Waals surface area contributed by atoms with Crippen LogP contribution in [0.5, 0.6) is 5.75 Å². The number of hydrogen-bond acceptors (Lipinski definition) is 2. The lowest BCUT2D eigenvalue weighted by molar-refractivity contribution is -0.275. The largest absolute Gasteiger partial charge is 0.573 e. The molecule has 1 heterocycles. The van der Waals surface area contributed by atoms with Crippen molar-refractivity contribution >= 4 is 22.6 Å². The molecule has 0 spiro atoms. The maximum Gasteiger partial charge on any atom is 0.573 e. The summed E-state index contributed by atoms with van der Waals surface area (Å²) in [7, 11) is 0. The van der Waals surface area contributed by atoms with Crippen molar-refractivity contribution in [3.63, 3.8) is 0 Å². The predicted molar refractivity (Wildman–Crippen MR) is 47.7 cm³/mol. The minimum Gasteiger partial charge on any atom is -0.403 e. The van der Waals surface area contributed by atoms with E-state index in [1.807, 2.05) is 0 Å². The summed E-state index contributed by atoms with van der Waals surface area (Å²) in [6.07, 6.45) is -4.95. The fourth-order valence-corrected chi connectivity index (χ4v) is 1.38. The first-order chi connectivity index (χ1) is 7.37. The lowest BCUT2D eigenvalue weighted by Crippen LogP contribution is -2.17. The molecule has 1 N–H and O–H groups in total. The summed E-state index contributed by atoms with van der Waals surface area (Å²) in [6.45, 7) is 0. The number of fused-ring (bicyclic) bond motifs is 1. The molecule has 1 aromatic carbocycles. The molecule has 16 heavy (non-hydrogen) atoms. The molecule has 0 saturated carbocycles. The zero-order valence-corrected chi connectivity index (χ0v) is 8.16. The number of ether oxygens (including phenoxy) is 1. The van der Waals surface area contributed by atoms with E-state index in [4.69, 9.17) is 11.6 Å². The van der Waals surface area contributed by atoms with Crippen LogP contribution in [0.4, 0.5) is 17.6 Å². The number of halogens is 5. The van der Waals surface area contributed by atoms with Gasteiger partial charge in [-0.05, 0) is 23.7 Å². The number of nitrogens with zero attached hydrogens (tertiary/aromatic N) is 1. The van der Waals surface area contributed by atoms with Crippen LogP contribution in [0, 0.1) is 5.82 Å². The summed E-state index contributed by atoms with van der Waals surface area (Å²) in [5.41, 5.74) is -0.108. The molecule has 0 aliphatic rings. The van der Waals surface area contributed by atoms with E-state index in [1.165, 1.54) is 6.07 Å². The highest BCUT2D eigenvalue weighted by molar-refractivity contribution is 6.29. The molecule has 0 unspecified atom stereocenters. The van der Waals surface area contributed by atoms with Crippen molar-refractivity contribution < 1.29 is 22.3 Å². The van der Waals surface area contributed by atoms with E-state index in [-0.39, 0.29) is 16.3 Å². The van der Waals surface area contributed by atoms with Crippen molar-refractivity contribution in [1.29, 1.82) is 0 Å². The smallest absolute Gasteiger partial charge is 0.403 e. The summed E-state index contributed by atoms with van der Waals surface area (Å²) >= 11 is 5.44. The number of H-pyrrole nitrogens is 1. The highest BCUT2D eigenvalue weighted by Crippen LogP contribution is 2.30. The number of alkyl halides is 3. The van der Waals surface area contributed by atoms with Crippen LogP contribution in [0.1, 0.15) is 0 Å². The zero-order chi connectivity index (χ0) is 11.9. The minimum absolute atomic E-state index is 0.113. The van der Waals surface area contributed by atoms with Gasteiger partial charge in [-0.1, -0.05) is 0 Å². The highest BCUT2D eigenvalue weighted by atomic mass is 35.5. The predicted octanol–water partition coefficient (Wildman–Crippen LogP) is 3.25. The molecular weight excluding hydrogens is 252 g/mol. The Balaban J connectivity index is 2.52. The molecule has 8 heteroatoms. The fourth-order valence-electron chi connectivity index (χ4n) is 1.20. The van der Waals surface area contributed by atoms with Crippen LogP contribution >= 0.6 is 11.6 Å². The van der Waals surface area contributed by atoms with Gasteiger partial charge in [0.2, 0.25) is 5.28 Å². The third kappa shape index (κ3) is 2.04. The van der Waals surface area contributed by atoms with Gasteiger partial charge in [0.05, 0.1) is 5.52 Å². The van der Waals surface area contributed by atoms with Gasteiger partial charge >= 0.3 is 6.36 Å². The maximum atomic E-state index is 13.4. The van der Waals surface area contributed by atoms with E-state index < -0.39 is 17.9 Å². The van der Waals surface area contributed by atoms with Crippen LogP contribution in [0.25, 0.3) is 11.0 Å². The van der Waals surface area contributed by atoms with E-state index >= 15 is 0 Å². The topological polar surface area (TPSA) is 37.9 Å². The van der Waals surface area contributed by atoms with Crippen molar-refractivity contribution in [3.8, 4) is 5.75 Å². The number of hydrogen-bond donors (Lipinski definition) is 1. The molecule has 86 valence electrons. The maximum absolute atomic E-state index is 13.4. The molecule has 0 bridgehead atoms. The summed E-state index contributed by atoms with van der Waals surface area (Å²) in [5.74, 6) is -2.15. The lowest BCUT2D eigenvalue weighted by Gasteiger charge is -2.09. The molecule has 3 nitrogen and oxygen atoms in total. The normalized spacial score (nSPS) is 12.1. The van der Waals surface area contributed by atoms with E-state index in [2.05, 4.69) is 14.7 Å². The summed E-state index contributed by atoms with van der Waals surface area (Å²) in [5, 5.41) is -0.113. The van der Waals surface area contributed by atoms with Gasteiger partial charge in [0.1, 0.15) is 5.52 Å². The first-order valence-corrected chi connectivity index (χ1v) is 4.34. The lowest BCUT2D eigenvalue weighted by atomic mass is 10.3. The van der Waals surface area contributed by atoms with E-state index in [0.29, 0.717) is 0 Å². The van der Waals surface area contributed by atoms with Crippen LogP contribution in [0.3, 0.4) is 0 Å². The quantitative estimate of drug-likeness (QED) is 0.793. The van der Waals surface area contributed by atoms with Crippen LogP contribution in [0.2, 0.25) is 5.28 Å². The SMILES string of the molecule is Fc1c(OC(F)(F)F)ccc2[nH]c(Cl)nc12. The minimum atomic E-state index is -4.95. The van der Waals surface area contributed by atoms with Gasteiger partial charge in [0, 0.05) is 0 Å². The van der Waals surface area contributed by atoms with Gasteiger partial charge in [0.15, 0.2) is 11.6 Å². The fraction of sp³-hybridized carbons (Fsp3) is 0.125. The molecule has 0 aliphatic carbocycles. The van der Waals surface area contributed by atoms with Crippen molar-refractivity contribution in [2.75, 3.05) is 0 Å². The molecule has 0 radical (unpaired) electrons. The van der Waals surface area contributed by atoms with Crippen LogP contribution < -0.4 is 4.74 Å². The Bertz CT molecular complexity index is 537. The van der Waals surface area contributed by atoms with Gasteiger partial charge in [0.25, 0.3) is 0 Å². The zero-order valence-electron chi connectivity index (χ0n) is 7.40. The van der Waals surface area contributed by atoms with Gasteiger partial charge in [-0.3, -0.25) is 0 Å². The summed E-state index contributed by atoms with van der Waals surface area (Å²) < 4.78 is 52.6. The molecule has 0 atom stereocenters. The molecule has 1 aromatic heterocycles. The summed E-state index contributed by atoms with van der Waals surface area (Å²) in [6, 6.07) is 2.04. The monoisotopic (exact) mass is 254 g/mol. The average molecular weight is 255 g/mol. The Morgan fingerprint density at radius 1 is 1.31 bits per heavy atom. The van der Waals surface area contributed by atoms with E-state index in [1.54, 1.807) is 0 Å².